The summed E-state index contributed by atoms with van der Waals surface area (Å²) in [4.78, 5) is 21.7. The van der Waals surface area contributed by atoms with Gasteiger partial charge in [0.15, 0.2) is 0 Å². The number of aromatic hydroxyl groups is 1. The van der Waals surface area contributed by atoms with Crippen molar-refractivity contribution in [2.75, 3.05) is 18.1 Å². The molecule has 23 heavy (non-hydrogen) atoms. The van der Waals surface area contributed by atoms with Gasteiger partial charge in [-0.2, -0.15) is 0 Å². The number of benzene rings is 1. The van der Waals surface area contributed by atoms with Crippen molar-refractivity contribution in [1.29, 1.82) is 0 Å². The molecule has 8 heteroatoms. The van der Waals surface area contributed by atoms with Crippen LogP contribution in [0.15, 0.2) is 33.3 Å². The second-order valence-corrected chi connectivity index (χ2v) is 6.43. The van der Waals surface area contributed by atoms with Gasteiger partial charge in [-0.3, -0.25) is 4.79 Å². The van der Waals surface area contributed by atoms with Crippen LogP contribution >= 0.6 is 31.9 Å². The minimum atomic E-state index is -0.264. The van der Waals surface area contributed by atoms with Gasteiger partial charge in [-0.15, -0.1) is 0 Å². The zero-order chi connectivity index (χ0) is 16.6. The predicted octanol–water partition coefficient (Wildman–Crippen LogP) is 3.90. The van der Waals surface area contributed by atoms with Crippen LogP contribution in [-0.2, 0) is 0 Å². The lowest BCUT2D eigenvalue weighted by Crippen LogP contribution is -2.38. The van der Waals surface area contributed by atoms with Crippen LogP contribution in [0, 0.1) is 6.57 Å². The molecule has 0 saturated carbocycles. The number of fused-ring (bicyclic) bond motifs is 1. The van der Waals surface area contributed by atoms with Crippen molar-refractivity contribution in [2.24, 2.45) is 0 Å². The van der Waals surface area contributed by atoms with Crippen molar-refractivity contribution in [3.8, 4) is 11.6 Å². The van der Waals surface area contributed by atoms with E-state index in [2.05, 4.69) is 41.7 Å². The van der Waals surface area contributed by atoms with E-state index in [0.29, 0.717) is 44.9 Å². The van der Waals surface area contributed by atoms with E-state index in [0.717, 1.165) is 0 Å². The molecule has 0 radical (unpaired) electrons. The number of amides is 1. The molecular formula is C15H9Br2N3O3. The maximum absolute atomic E-state index is 12.8. The summed E-state index contributed by atoms with van der Waals surface area (Å²) in [6.07, 6.45) is 1.41. The fraction of sp³-hybridized carbons (Fsp3) is 0.133. The quantitative estimate of drug-likeness (QED) is 0.685. The Labute approximate surface area is 148 Å². The molecule has 0 fully saturated rings. The molecule has 3 rings (SSSR count). The van der Waals surface area contributed by atoms with E-state index in [4.69, 9.17) is 11.3 Å². The second-order valence-electron chi connectivity index (χ2n) is 4.72. The molecule has 0 saturated heterocycles. The van der Waals surface area contributed by atoms with Crippen LogP contribution in [-0.4, -0.2) is 29.1 Å². The van der Waals surface area contributed by atoms with Gasteiger partial charge in [-0.05, 0) is 50.1 Å². The number of ether oxygens (including phenoxy) is 1. The molecule has 0 bridgehead atoms. The van der Waals surface area contributed by atoms with Gasteiger partial charge in [0.2, 0.25) is 11.6 Å². The highest BCUT2D eigenvalue weighted by Crippen LogP contribution is 2.36. The number of aromatic nitrogens is 1. The largest absolute Gasteiger partial charge is 0.506 e. The van der Waals surface area contributed by atoms with Crippen molar-refractivity contribution in [3.63, 3.8) is 0 Å². The first kappa shape index (κ1) is 15.8. The average Bonchev–Trinajstić information content (AvgIpc) is 2.57. The zero-order valence-electron chi connectivity index (χ0n) is 11.6. The predicted molar refractivity (Wildman–Crippen MR) is 91.2 cm³/mol. The maximum Gasteiger partial charge on any atom is 0.258 e. The molecule has 1 N–H and O–H groups in total. The van der Waals surface area contributed by atoms with Crippen molar-refractivity contribution in [2.45, 2.75) is 0 Å². The summed E-state index contributed by atoms with van der Waals surface area (Å²) in [6, 6.07) is 4.67. The minimum Gasteiger partial charge on any atom is -0.506 e. The van der Waals surface area contributed by atoms with Crippen LogP contribution in [0.1, 0.15) is 10.4 Å². The molecule has 0 unspecified atom stereocenters. The maximum atomic E-state index is 12.8. The Hall–Kier alpha value is -2.11. The standard InChI is InChI=1S/C15H9Br2N3O3/c1-18-9-6-12-14(19-7-9)23-3-2-20(12)15(22)8-4-10(16)13(21)11(17)5-8/h4-7,21H,2-3H2. The van der Waals surface area contributed by atoms with Gasteiger partial charge in [-0.1, -0.05) is 0 Å². The highest BCUT2D eigenvalue weighted by Gasteiger charge is 2.27. The summed E-state index contributed by atoms with van der Waals surface area (Å²) in [5.74, 6) is 0.0923. The lowest BCUT2D eigenvalue weighted by Gasteiger charge is -2.29. The number of hydrogen-bond acceptors (Lipinski definition) is 4. The van der Waals surface area contributed by atoms with Crippen molar-refractivity contribution < 1.29 is 14.6 Å². The fourth-order valence-electron chi connectivity index (χ4n) is 2.21. The number of rotatable bonds is 1. The zero-order valence-corrected chi connectivity index (χ0v) is 14.8. The van der Waals surface area contributed by atoms with E-state index in [1.807, 2.05) is 0 Å². The van der Waals surface area contributed by atoms with Gasteiger partial charge in [0.05, 0.1) is 27.7 Å². The molecule has 0 spiro atoms. The van der Waals surface area contributed by atoms with E-state index in [1.54, 1.807) is 18.2 Å². The van der Waals surface area contributed by atoms with Crippen LogP contribution in [0.5, 0.6) is 11.6 Å². The summed E-state index contributed by atoms with van der Waals surface area (Å²) in [5.41, 5.74) is 1.19. The third kappa shape index (κ3) is 2.90. The molecule has 0 aliphatic carbocycles. The Morgan fingerprint density at radius 2 is 2.04 bits per heavy atom. The lowest BCUT2D eigenvalue weighted by molar-refractivity contribution is 0.0975. The van der Waals surface area contributed by atoms with E-state index in [-0.39, 0.29) is 11.7 Å². The number of hydrogen-bond donors (Lipinski definition) is 1. The second kappa shape index (κ2) is 6.18. The van der Waals surface area contributed by atoms with Gasteiger partial charge >= 0.3 is 0 Å². The summed E-state index contributed by atoms with van der Waals surface area (Å²) >= 11 is 6.43. The summed E-state index contributed by atoms with van der Waals surface area (Å²) < 4.78 is 6.27. The first-order valence-corrected chi connectivity index (χ1v) is 8.10. The van der Waals surface area contributed by atoms with Crippen molar-refractivity contribution in [3.05, 3.63) is 50.3 Å². The SMILES string of the molecule is [C-]#[N+]c1cnc2c(c1)N(C(=O)c1cc(Br)c(O)c(Br)c1)CCO2. The Kier molecular flexibility index (Phi) is 4.24. The topological polar surface area (TPSA) is 67.0 Å². The van der Waals surface area contributed by atoms with Gasteiger partial charge in [0.25, 0.3) is 5.91 Å². The van der Waals surface area contributed by atoms with Crippen molar-refractivity contribution >= 4 is 49.1 Å². The number of phenolic OH excluding ortho intramolecular Hbond substituents is 1. The molecule has 1 aliphatic rings. The number of nitrogens with zero attached hydrogens (tertiary/aromatic N) is 3. The smallest absolute Gasteiger partial charge is 0.258 e. The molecule has 1 aromatic heterocycles. The monoisotopic (exact) mass is 437 g/mol. The Morgan fingerprint density at radius 1 is 1.35 bits per heavy atom. The van der Waals surface area contributed by atoms with Crippen LogP contribution in [0.4, 0.5) is 11.4 Å². The van der Waals surface area contributed by atoms with E-state index in [9.17, 15) is 9.90 Å². The van der Waals surface area contributed by atoms with Crippen LogP contribution < -0.4 is 9.64 Å². The Balaban J connectivity index is 2.04. The summed E-state index contributed by atoms with van der Waals surface area (Å²) in [7, 11) is 0. The number of anilines is 1. The molecule has 116 valence electrons. The van der Waals surface area contributed by atoms with Gasteiger partial charge < -0.3 is 14.7 Å². The molecular weight excluding hydrogens is 430 g/mol. The summed E-state index contributed by atoms with van der Waals surface area (Å²) in [5, 5.41) is 9.77. The van der Waals surface area contributed by atoms with Gasteiger partial charge in [0.1, 0.15) is 12.4 Å². The fourth-order valence-corrected chi connectivity index (χ4v) is 3.39. The normalized spacial score (nSPS) is 13.0. The molecule has 0 atom stereocenters. The first-order chi connectivity index (χ1) is 11.0. The molecule has 1 aromatic carbocycles. The Morgan fingerprint density at radius 3 is 2.70 bits per heavy atom. The minimum absolute atomic E-state index is 0.0286. The van der Waals surface area contributed by atoms with Crippen molar-refractivity contribution in [1.82, 2.24) is 4.98 Å². The van der Waals surface area contributed by atoms with Crippen LogP contribution in [0.25, 0.3) is 4.85 Å². The number of halogens is 2. The molecule has 6 nitrogen and oxygen atoms in total. The number of pyridine rings is 1. The van der Waals surface area contributed by atoms with Crippen LogP contribution in [0.3, 0.4) is 0 Å². The van der Waals surface area contributed by atoms with E-state index in [1.165, 1.54) is 11.1 Å². The Bertz CT molecular complexity index is 825. The third-order valence-electron chi connectivity index (χ3n) is 3.30. The van der Waals surface area contributed by atoms with Gasteiger partial charge in [-0.25, -0.2) is 9.83 Å². The summed E-state index contributed by atoms with van der Waals surface area (Å²) in [6.45, 7) is 7.75. The highest BCUT2D eigenvalue weighted by atomic mass is 79.9. The molecule has 2 heterocycles. The molecule has 1 amide bonds. The van der Waals surface area contributed by atoms with E-state index >= 15 is 0 Å². The number of carbonyl (C=O) groups is 1. The average molecular weight is 439 g/mol. The van der Waals surface area contributed by atoms with E-state index < -0.39 is 0 Å². The molecule has 2 aromatic rings. The van der Waals surface area contributed by atoms with Gasteiger partial charge in [0, 0.05) is 11.8 Å². The number of phenols is 1. The first-order valence-electron chi connectivity index (χ1n) is 6.51. The third-order valence-corrected chi connectivity index (χ3v) is 4.51. The highest BCUT2D eigenvalue weighted by molar-refractivity contribution is 9.11. The lowest BCUT2D eigenvalue weighted by atomic mass is 10.1. The van der Waals surface area contributed by atoms with Crippen LogP contribution in [0.2, 0.25) is 0 Å². The number of carbonyl (C=O) groups excluding carboxylic acids is 1. The molecule has 1 aliphatic heterocycles.